The molecule has 0 aliphatic rings. The van der Waals surface area contributed by atoms with Crippen LogP contribution in [0, 0.1) is 6.92 Å². The predicted octanol–water partition coefficient (Wildman–Crippen LogP) is 4.96. The summed E-state index contributed by atoms with van der Waals surface area (Å²) in [6, 6.07) is 3.10. The monoisotopic (exact) mass is 310 g/mol. The Bertz CT molecular complexity index is 387. The number of hydrogen-bond donors (Lipinski definition) is 1. The second-order valence-corrected chi connectivity index (χ2v) is 7.39. The number of aryl methyl sites for hydroxylation is 1. The minimum Gasteiger partial charge on any atom is -0.312 e. The highest BCUT2D eigenvalue weighted by molar-refractivity contribution is 7.12. The van der Waals surface area contributed by atoms with Gasteiger partial charge in [-0.25, -0.2) is 0 Å². The second kappa shape index (κ2) is 10.4. The number of unbranched alkanes of at least 4 members (excludes halogenated alkanes) is 1. The van der Waals surface area contributed by atoms with E-state index in [1.807, 2.05) is 11.3 Å². The van der Waals surface area contributed by atoms with Gasteiger partial charge in [0.1, 0.15) is 0 Å². The van der Waals surface area contributed by atoms with Crippen LogP contribution < -0.4 is 5.32 Å². The molecule has 3 heteroatoms. The fourth-order valence-corrected chi connectivity index (χ4v) is 3.54. The highest BCUT2D eigenvalue weighted by Crippen LogP contribution is 2.24. The normalized spacial score (nSPS) is 13.0. The van der Waals surface area contributed by atoms with Crippen molar-refractivity contribution >= 4 is 11.3 Å². The van der Waals surface area contributed by atoms with E-state index in [0.717, 1.165) is 19.6 Å². The Hall–Kier alpha value is -0.380. The lowest BCUT2D eigenvalue weighted by atomic mass is 10.1. The van der Waals surface area contributed by atoms with Crippen LogP contribution >= 0.6 is 11.3 Å². The molecule has 0 aliphatic carbocycles. The van der Waals surface area contributed by atoms with E-state index >= 15 is 0 Å². The summed E-state index contributed by atoms with van der Waals surface area (Å²) in [5.41, 5.74) is 1.53. The van der Waals surface area contributed by atoms with Crippen molar-refractivity contribution < 1.29 is 0 Å². The maximum absolute atomic E-state index is 3.51. The Morgan fingerprint density at radius 3 is 2.62 bits per heavy atom. The molecule has 1 heterocycles. The minimum atomic E-state index is 0.678. The molecule has 1 atom stereocenters. The summed E-state index contributed by atoms with van der Waals surface area (Å²) in [6.07, 6.45) is 5.02. The molecule has 0 saturated heterocycles. The third kappa shape index (κ3) is 6.50. The molecule has 1 aromatic rings. The van der Waals surface area contributed by atoms with E-state index in [1.54, 1.807) is 0 Å². The number of nitrogens with zero attached hydrogens (tertiary/aromatic N) is 1. The van der Waals surface area contributed by atoms with Crippen LogP contribution in [0.3, 0.4) is 0 Å². The van der Waals surface area contributed by atoms with Gasteiger partial charge in [-0.05, 0) is 57.8 Å². The van der Waals surface area contributed by atoms with Crippen LogP contribution in [0.2, 0.25) is 0 Å². The molecule has 0 spiro atoms. The van der Waals surface area contributed by atoms with E-state index < -0.39 is 0 Å². The summed E-state index contributed by atoms with van der Waals surface area (Å²) in [5, 5.41) is 3.51. The van der Waals surface area contributed by atoms with Crippen LogP contribution in [0.15, 0.2) is 6.07 Å². The average molecular weight is 311 g/mol. The van der Waals surface area contributed by atoms with Crippen molar-refractivity contribution in [1.82, 2.24) is 10.2 Å². The van der Waals surface area contributed by atoms with Gasteiger partial charge >= 0.3 is 0 Å². The molecule has 0 amide bonds. The molecule has 1 unspecified atom stereocenters. The lowest BCUT2D eigenvalue weighted by Gasteiger charge is -2.28. The van der Waals surface area contributed by atoms with Crippen LogP contribution in [-0.2, 0) is 13.1 Å². The lowest BCUT2D eigenvalue weighted by Crippen LogP contribution is -2.33. The van der Waals surface area contributed by atoms with Crippen LogP contribution in [-0.4, -0.2) is 24.0 Å². The third-order valence-electron chi connectivity index (χ3n) is 4.18. The summed E-state index contributed by atoms with van der Waals surface area (Å²) in [6.45, 7) is 15.9. The van der Waals surface area contributed by atoms with E-state index in [4.69, 9.17) is 0 Å². The number of hydrogen-bond acceptors (Lipinski definition) is 3. The summed E-state index contributed by atoms with van der Waals surface area (Å²) in [4.78, 5) is 5.63. The fraction of sp³-hybridized carbons (Fsp3) is 0.778. The molecule has 122 valence electrons. The molecule has 0 fully saturated rings. The minimum absolute atomic E-state index is 0.678. The van der Waals surface area contributed by atoms with Gasteiger partial charge in [-0.1, -0.05) is 27.2 Å². The van der Waals surface area contributed by atoms with Gasteiger partial charge in [0.15, 0.2) is 0 Å². The number of rotatable bonds is 11. The zero-order chi connectivity index (χ0) is 15.7. The summed E-state index contributed by atoms with van der Waals surface area (Å²) in [5.74, 6) is 0. The van der Waals surface area contributed by atoms with Crippen molar-refractivity contribution in [3.8, 4) is 0 Å². The molecule has 21 heavy (non-hydrogen) atoms. The van der Waals surface area contributed by atoms with Crippen molar-refractivity contribution in [3.05, 3.63) is 21.4 Å². The van der Waals surface area contributed by atoms with Crippen molar-refractivity contribution in [1.29, 1.82) is 0 Å². The van der Waals surface area contributed by atoms with E-state index in [9.17, 15) is 0 Å². The van der Waals surface area contributed by atoms with E-state index in [-0.39, 0.29) is 0 Å². The van der Waals surface area contributed by atoms with Gasteiger partial charge in [-0.3, -0.25) is 4.90 Å². The Kier molecular flexibility index (Phi) is 9.21. The number of nitrogens with one attached hydrogen (secondary N) is 1. The fourth-order valence-electron chi connectivity index (χ4n) is 2.51. The van der Waals surface area contributed by atoms with Crippen molar-refractivity contribution in [3.63, 3.8) is 0 Å². The van der Waals surface area contributed by atoms with E-state index in [2.05, 4.69) is 50.9 Å². The maximum atomic E-state index is 3.51. The number of thiophene rings is 1. The second-order valence-electron chi connectivity index (χ2n) is 6.05. The van der Waals surface area contributed by atoms with Gasteiger partial charge in [0.05, 0.1) is 0 Å². The molecular formula is C18H34N2S. The molecule has 1 rings (SSSR count). The molecule has 0 aromatic carbocycles. The van der Waals surface area contributed by atoms with Gasteiger partial charge in [-0.2, -0.15) is 0 Å². The third-order valence-corrected chi connectivity index (χ3v) is 5.28. The molecule has 1 N–H and O–H groups in total. The van der Waals surface area contributed by atoms with Crippen LogP contribution in [0.1, 0.15) is 68.7 Å². The first-order valence-electron chi connectivity index (χ1n) is 8.65. The van der Waals surface area contributed by atoms with Gasteiger partial charge < -0.3 is 5.32 Å². The SMILES string of the molecule is CCCCN(Cc1cc(CNCCC)sc1C)C(C)CC. The topological polar surface area (TPSA) is 15.3 Å². The zero-order valence-electron chi connectivity index (χ0n) is 14.7. The zero-order valence-corrected chi connectivity index (χ0v) is 15.5. The first kappa shape index (κ1) is 18.7. The van der Waals surface area contributed by atoms with E-state index in [0.29, 0.717) is 6.04 Å². The average Bonchev–Trinajstić information content (AvgIpc) is 2.83. The van der Waals surface area contributed by atoms with Gasteiger partial charge in [-0.15, -0.1) is 11.3 Å². The quantitative estimate of drug-likeness (QED) is 0.581. The molecule has 0 saturated carbocycles. The Labute approximate surface area is 135 Å². The van der Waals surface area contributed by atoms with Crippen molar-refractivity contribution in [2.45, 2.75) is 79.4 Å². The van der Waals surface area contributed by atoms with Crippen LogP contribution in [0.5, 0.6) is 0 Å². The highest BCUT2D eigenvalue weighted by atomic mass is 32.1. The van der Waals surface area contributed by atoms with Crippen molar-refractivity contribution in [2.75, 3.05) is 13.1 Å². The van der Waals surface area contributed by atoms with Crippen LogP contribution in [0.4, 0.5) is 0 Å². The summed E-state index contributed by atoms with van der Waals surface area (Å²) in [7, 11) is 0. The lowest BCUT2D eigenvalue weighted by molar-refractivity contribution is 0.192. The standard InChI is InChI=1S/C18H34N2S/c1-6-9-11-20(15(4)8-3)14-17-12-18(21-16(17)5)13-19-10-7-2/h12,15,19H,6-11,13-14H2,1-5H3. The first-order valence-corrected chi connectivity index (χ1v) is 9.46. The van der Waals surface area contributed by atoms with Crippen LogP contribution in [0.25, 0.3) is 0 Å². The Morgan fingerprint density at radius 1 is 1.24 bits per heavy atom. The summed E-state index contributed by atoms with van der Waals surface area (Å²) >= 11 is 1.96. The molecule has 0 radical (unpaired) electrons. The molecular weight excluding hydrogens is 276 g/mol. The predicted molar refractivity (Wildman–Crippen MR) is 96.1 cm³/mol. The summed E-state index contributed by atoms with van der Waals surface area (Å²) < 4.78 is 0. The molecule has 1 aromatic heterocycles. The van der Waals surface area contributed by atoms with Gasteiger partial charge in [0.25, 0.3) is 0 Å². The van der Waals surface area contributed by atoms with Gasteiger partial charge in [0, 0.05) is 28.9 Å². The highest BCUT2D eigenvalue weighted by Gasteiger charge is 2.15. The van der Waals surface area contributed by atoms with Gasteiger partial charge in [0.2, 0.25) is 0 Å². The van der Waals surface area contributed by atoms with Crippen molar-refractivity contribution in [2.24, 2.45) is 0 Å². The Morgan fingerprint density at radius 2 is 2.00 bits per heavy atom. The largest absolute Gasteiger partial charge is 0.312 e. The molecule has 0 aliphatic heterocycles. The first-order chi connectivity index (χ1) is 10.1. The van der Waals surface area contributed by atoms with E-state index in [1.165, 1.54) is 47.5 Å². The maximum Gasteiger partial charge on any atom is 0.0299 e. The molecule has 0 bridgehead atoms. The smallest absolute Gasteiger partial charge is 0.0299 e. The Balaban J connectivity index is 2.64. The molecule has 2 nitrogen and oxygen atoms in total.